The summed E-state index contributed by atoms with van der Waals surface area (Å²) in [5, 5.41) is 3.33. The van der Waals surface area contributed by atoms with Crippen LogP contribution in [0.4, 0.5) is 0 Å². The Hall–Kier alpha value is -0.340. The van der Waals surface area contributed by atoms with Crippen LogP contribution in [-0.4, -0.2) is 26.3 Å². The quantitative estimate of drug-likeness (QED) is 0.445. The van der Waals surface area contributed by atoms with Crippen LogP contribution in [-0.2, 0) is 4.74 Å². The molecule has 72 valence electrons. The molecule has 0 aliphatic rings. The highest BCUT2D eigenvalue weighted by atomic mass is 16.5. The van der Waals surface area contributed by atoms with E-state index in [2.05, 4.69) is 12.2 Å². The maximum Gasteiger partial charge on any atom is 0.0647 e. The number of nitrogens with one attached hydrogen (secondary N) is 1. The molecule has 0 saturated heterocycles. The van der Waals surface area contributed by atoms with Gasteiger partial charge in [-0.15, -0.1) is 0 Å². The van der Waals surface area contributed by atoms with Gasteiger partial charge in [0.05, 0.1) is 6.61 Å². The zero-order valence-electron chi connectivity index (χ0n) is 8.31. The predicted molar refractivity (Wildman–Crippen MR) is 53.4 cm³/mol. The van der Waals surface area contributed by atoms with Crippen LogP contribution in [0.5, 0.6) is 0 Å². The molecule has 0 rings (SSSR count). The third-order valence-corrected chi connectivity index (χ3v) is 1.52. The lowest BCUT2D eigenvalue weighted by Gasteiger charge is -2.02. The first-order valence-electron chi connectivity index (χ1n) is 4.81. The molecular formula is C10H21NO. The fourth-order valence-corrected chi connectivity index (χ4v) is 0.849. The first kappa shape index (κ1) is 11.7. The van der Waals surface area contributed by atoms with Gasteiger partial charge in [-0.1, -0.05) is 19.1 Å². The summed E-state index contributed by atoms with van der Waals surface area (Å²) in [4.78, 5) is 0. The van der Waals surface area contributed by atoms with Crippen molar-refractivity contribution in [2.45, 2.75) is 26.7 Å². The van der Waals surface area contributed by atoms with Gasteiger partial charge in [0.1, 0.15) is 0 Å². The van der Waals surface area contributed by atoms with Crippen molar-refractivity contribution in [1.29, 1.82) is 0 Å². The monoisotopic (exact) mass is 171 g/mol. The Morgan fingerprint density at radius 2 is 2.17 bits per heavy atom. The Kier molecular flexibility index (Phi) is 10.4. The molecule has 0 atom stereocenters. The predicted octanol–water partition coefficient (Wildman–Crippen LogP) is 1.97. The van der Waals surface area contributed by atoms with E-state index in [1.54, 1.807) is 0 Å². The van der Waals surface area contributed by atoms with Gasteiger partial charge in [-0.05, 0) is 32.9 Å². The van der Waals surface area contributed by atoms with Crippen molar-refractivity contribution in [1.82, 2.24) is 5.32 Å². The van der Waals surface area contributed by atoms with E-state index in [0.29, 0.717) is 0 Å². The fourth-order valence-electron chi connectivity index (χ4n) is 0.849. The standard InChI is InChI=1S/C10H21NO/c1-3-5-9-12-10-6-8-11-7-4-2/h3,5,11H,4,6-10H2,1-2H3. The molecule has 0 heterocycles. The van der Waals surface area contributed by atoms with Gasteiger partial charge in [-0.3, -0.25) is 0 Å². The van der Waals surface area contributed by atoms with Gasteiger partial charge in [0, 0.05) is 6.61 Å². The number of hydrogen-bond acceptors (Lipinski definition) is 2. The minimum atomic E-state index is 0.754. The smallest absolute Gasteiger partial charge is 0.0647 e. The van der Waals surface area contributed by atoms with E-state index >= 15 is 0 Å². The van der Waals surface area contributed by atoms with Gasteiger partial charge in [0.15, 0.2) is 0 Å². The molecule has 0 bridgehead atoms. The maximum atomic E-state index is 5.33. The van der Waals surface area contributed by atoms with Crippen LogP contribution < -0.4 is 5.32 Å². The van der Waals surface area contributed by atoms with Crippen LogP contribution in [0.25, 0.3) is 0 Å². The van der Waals surface area contributed by atoms with E-state index in [9.17, 15) is 0 Å². The Morgan fingerprint density at radius 1 is 1.33 bits per heavy atom. The third kappa shape index (κ3) is 9.66. The van der Waals surface area contributed by atoms with Crippen molar-refractivity contribution < 1.29 is 4.74 Å². The van der Waals surface area contributed by atoms with Gasteiger partial charge in [0.2, 0.25) is 0 Å². The molecule has 0 radical (unpaired) electrons. The highest BCUT2D eigenvalue weighted by Crippen LogP contribution is 1.82. The van der Waals surface area contributed by atoms with E-state index in [4.69, 9.17) is 4.74 Å². The second-order valence-corrected chi connectivity index (χ2v) is 2.75. The largest absolute Gasteiger partial charge is 0.377 e. The van der Waals surface area contributed by atoms with E-state index < -0.39 is 0 Å². The molecule has 0 aliphatic heterocycles. The summed E-state index contributed by atoms with van der Waals surface area (Å²) >= 11 is 0. The Bertz CT molecular complexity index is 102. The van der Waals surface area contributed by atoms with Crippen molar-refractivity contribution in [3.63, 3.8) is 0 Å². The maximum absolute atomic E-state index is 5.33. The molecule has 0 amide bonds. The van der Waals surface area contributed by atoms with Crippen molar-refractivity contribution in [3.05, 3.63) is 12.2 Å². The molecule has 0 unspecified atom stereocenters. The molecule has 0 aromatic carbocycles. The van der Waals surface area contributed by atoms with Crippen LogP contribution in [0.1, 0.15) is 26.7 Å². The summed E-state index contributed by atoms with van der Waals surface area (Å²) in [6, 6.07) is 0. The molecule has 2 nitrogen and oxygen atoms in total. The Labute approximate surface area is 76.0 Å². The topological polar surface area (TPSA) is 21.3 Å². The Balaban J connectivity index is 2.81. The second kappa shape index (κ2) is 10.7. The zero-order valence-corrected chi connectivity index (χ0v) is 8.31. The molecule has 0 spiro atoms. The number of allylic oxidation sites excluding steroid dienone is 1. The van der Waals surface area contributed by atoms with Crippen molar-refractivity contribution in [2.24, 2.45) is 0 Å². The molecule has 0 aromatic heterocycles. The van der Waals surface area contributed by atoms with Crippen molar-refractivity contribution in [3.8, 4) is 0 Å². The summed E-state index contributed by atoms with van der Waals surface area (Å²) in [5.41, 5.74) is 0. The van der Waals surface area contributed by atoms with E-state index in [1.807, 2.05) is 19.1 Å². The van der Waals surface area contributed by atoms with Gasteiger partial charge >= 0.3 is 0 Å². The average Bonchev–Trinajstić information content (AvgIpc) is 2.10. The van der Waals surface area contributed by atoms with Gasteiger partial charge in [-0.2, -0.15) is 0 Å². The minimum absolute atomic E-state index is 0.754. The lowest BCUT2D eigenvalue weighted by molar-refractivity contribution is 0.159. The van der Waals surface area contributed by atoms with Crippen molar-refractivity contribution in [2.75, 3.05) is 26.3 Å². The molecule has 0 aromatic rings. The highest BCUT2D eigenvalue weighted by molar-refractivity contribution is 4.75. The molecule has 0 aliphatic carbocycles. The van der Waals surface area contributed by atoms with Crippen LogP contribution in [0.3, 0.4) is 0 Å². The minimum Gasteiger partial charge on any atom is -0.377 e. The summed E-state index contributed by atoms with van der Waals surface area (Å²) < 4.78 is 5.33. The van der Waals surface area contributed by atoms with Crippen molar-refractivity contribution >= 4 is 0 Å². The zero-order chi connectivity index (χ0) is 9.07. The van der Waals surface area contributed by atoms with Gasteiger partial charge in [0.25, 0.3) is 0 Å². The summed E-state index contributed by atoms with van der Waals surface area (Å²) in [6.45, 7) is 7.99. The fraction of sp³-hybridized carbons (Fsp3) is 0.800. The van der Waals surface area contributed by atoms with E-state index in [1.165, 1.54) is 6.42 Å². The van der Waals surface area contributed by atoms with Crippen LogP contribution >= 0.6 is 0 Å². The molecule has 0 saturated carbocycles. The molecule has 0 fully saturated rings. The lowest BCUT2D eigenvalue weighted by atomic mass is 10.4. The number of hydrogen-bond donors (Lipinski definition) is 1. The summed E-state index contributed by atoms with van der Waals surface area (Å²) in [6.07, 6.45) is 6.35. The summed E-state index contributed by atoms with van der Waals surface area (Å²) in [5.74, 6) is 0. The van der Waals surface area contributed by atoms with Crippen LogP contribution in [0.2, 0.25) is 0 Å². The summed E-state index contributed by atoms with van der Waals surface area (Å²) in [7, 11) is 0. The first-order chi connectivity index (χ1) is 5.91. The number of ether oxygens (including phenoxy) is 1. The van der Waals surface area contributed by atoms with Gasteiger partial charge < -0.3 is 10.1 Å². The molecule has 1 N–H and O–H groups in total. The third-order valence-electron chi connectivity index (χ3n) is 1.52. The average molecular weight is 171 g/mol. The lowest BCUT2D eigenvalue weighted by Crippen LogP contribution is -2.17. The number of rotatable bonds is 8. The molecular weight excluding hydrogens is 150 g/mol. The van der Waals surface area contributed by atoms with Crippen LogP contribution in [0.15, 0.2) is 12.2 Å². The normalized spacial score (nSPS) is 11.2. The molecule has 2 heteroatoms. The highest BCUT2D eigenvalue weighted by Gasteiger charge is 1.86. The van der Waals surface area contributed by atoms with Gasteiger partial charge in [-0.25, -0.2) is 0 Å². The SMILES string of the molecule is CC=CCOCCCNCCC. The van der Waals surface area contributed by atoms with E-state index in [0.717, 1.165) is 32.7 Å². The van der Waals surface area contributed by atoms with Crippen LogP contribution in [0, 0.1) is 0 Å². The van der Waals surface area contributed by atoms with E-state index in [-0.39, 0.29) is 0 Å². The Morgan fingerprint density at radius 3 is 2.83 bits per heavy atom. The second-order valence-electron chi connectivity index (χ2n) is 2.75. The first-order valence-corrected chi connectivity index (χ1v) is 4.81. The molecule has 12 heavy (non-hydrogen) atoms.